The van der Waals surface area contributed by atoms with Gasteiger partial charge in [-0.25, -0.2) is 4.79 Å². The Bertz CT molecular complexity index is 1050. The van der Waals surface area contributed by atoms with Crippen LogP contribution in [0.2, 0.25) is 0 Å². The molecule has 196 valence electrons. The first-order valence-electron chi connectivity index (χ1n) is 11.7. The fraction of sp³-hybridized carbons (Fsp3) is 0.444. The van der Waals surface area contributed by atoms with E-state index in [0.29, 0.717) is 23.4 Å². The van der Waals surface area contributed by atoms with E-state index < -0.39 is 35.6 Å². The summed E-state index contributed by atoms with van der Waals surface area (Å²) >= 11 is 1.55. The molecule has 0 bridgehead atoms. The maximum absolute atomic E-state index is 13.6. The smallest absolute Gasteiger partial charge is 0.408 e. The van der Waals surface area contributed by atoms with Gasteiger partial charge in [0.1, 0.15) is 23.4 Å². The molecule has 8 nitrogen and oxygen atoms in total. The highest BCUT2D eigenvalue weighted by Crippen LogP contribution is 2.27. The zero-order valence-corrected chi connectivity index (χ0v) is 22.9. The highest BCUT2D eigenvalue weighted by atomic mass is 32.2. The Morgan fingerprint density at radius 1 is 1.06 bits per heavy atom. The van der Waals surface area contributed by atoms with Gasteiger partial charge in [0.15, 0.2) is 0 Å². The Morgan fingerprint density at radius 2 is 1.64 bits per heavy atom. The molecule has 36 heavy (non-hydrogen) atoms. The van der Waals surface area contributed by atoms with Crippen molar-refractivity contribution in [2.45, 2.75) is 58.7 Å². The first kappa shape index (κ1) is 29.0. The molecule has 0 saturated heterocycles. The third kappa shape index (κ3) is 8.19. The molecule has 0 aliphatic heterocycles. The predicted octanol–water partition coefficient (Wildman–Crippen LogP) is 4.79. The lowest BCUT2D eigenvalue weighted by atomic mass is 10.0. The summed E-state index contributed by atoms with van der Waals surface area (Å²) < 4.78 is 5.35. The summed E-state index contributed by atoms with van der Waals surface area (Å²) in [4.78, 5) is 41.1. The molecule has 0 saturated carbocycles. The summed E-state index contributed by atoms with van der Waals surface area (Å²) in [5, 5.41) is 15.4. The average molecular weight is 516 g/mol. The number of hydrogen-bond donors (Lipinski definition) is 3. The number of para-hydroxylation sites is 1. The summed E-state index contributed by atoms with van der Waals surface area (Å²) in [6.45, 7) is 9.04. The molecular formula is C27H37N3O5S. The molecule has 2 aromatic carbocycles. The lowest BCUT2D eigenvalue weighted by Gasteiger charge is -2.32. The topological polar surface area (TPSA) is 108 Å². The molecule has 3 amide bonds. The maximum atomic E-state index is 13.6. The molecule has 0 radical (unpaired) electrons. The second-order valence-corrected chi connectivity index (χ2v) is 10.7. The van der Waals surface area contributed by atoms with Crippen LogP contribution in [-0.4, -0.2) is 58.6 Å². The van der Waals surface area contributed by atoms with Crippen molar-refractivity contribution in [3.05, 3.63) is 59.2 Å². The molecule has 0 fully saturated rings. The van der Waals surface area contributed by atoms with Crippen LogP contribution in [0, 0.1) is 13.8 Å². The number of hydrogen-bond acceptors (Lipinski definition) is 6. The van der Waals surface area contributed by atoms with Crippen LogP contribution in [0.3, 0.4) is 0 Å². The number of rotatable bonds is 9. The number of phenolic OH excluding ortho intramolecular Hbond substituents is 1. The van der Waals surface area contributed by atoms with Gasteiger partial charge in [0.05, 0.1) is 0 Å². The average Bonchev–Trinajstić information content (AvgIpc) is 2.78. The van der Waals surface area contributed by atoms with Gasteiger partial charge >= 0.3 is 6.09 Å². The van der Waals surface area contributed by atoms with Crippen molar-refractivity contribution in [3.63, 3.8) is 0 Å². The summed E-state index contributed by atoms with van der Waals surface area (Å²) in [5.41, 5.74) is 2.27. The van der Waals surface area contributed by atoms with Gasteiger partial charge in [-0.15, -0.1) is 0 Å². The fourth-order valence-corrected chi connectivity index (χ4v) is 4.20. The van der Waals surface area contributed by atoms with E-state index in [1.165, 1.54) is 24.1 Å². The molecule has 0 aromatic heterocycles. The van der Waals surface area contributed by atoms with Crippen molar-refractivity contribution in [2.24, 2.45) is 0 Å². The quantitative estimate of drug-likeness (QED) is 0.443. The molecule has 2 rings (SSSR count). The van der Waals surface area contributed by atoms with E-state index in [1.54, 1.807) is 44.7 Å². The number of anilines is 1. The normalized spacial score (nSPS) is 12.9. The first-order chi connectivity index (χ1) is 16.8. The second-order valence-electron chi connectivity index (χ2n) is 9.68. The predicted molar refractivity (Wildman–Crippen MR) is 144 cm³/mol. The van der Waals surface area contributed by atoms with Crippen LogP contribution < -0.4 is 10.6 Å². The van der Waals surface area contributed by atoms with E-state index in [0.717, 1.165) is 11.1 Å². The Kier molecular flexibility index (Phi) is 10.2. The Hall–Kier alpha value is -3.20. The molecule has 0 heterocycles. The third-order valence-electron chi connectivity index (χ3n) is 5.52. The number of phenols is 1. The van der Waals surface area contributed by atoms with Crippen molar-refractivity contribution in [1.29, 1.82) is 0 Å². The van der Waals surface area contributed by atoms with Crippen LogP contribution >= 0.6 is 11.8 Å². The van der Waals surface area contributed by atoms with Gasteiger partial charge in [-0.2, -0.15) is 11.8 Å². The molecule has 2 unspecified atom stereocenters. The number of carbonyl (C=O) groups excluding carboxylic acids is 3. The summed E-state index contributed by atoms with van der Waals surface area (Å²) in [6.07, 6.45) is 1.58. The van der Waals surface area contributed by atoms with Crippen molar-refractivity contribution in [2.75, 3.05) is 24.4 Å². The van der Waals surface area contributed by atoms with Crippen LogP contribution in [0.15, 0.2) is 42.5 Å². The number of likely N-dealkylation sites (N-methyl/N-ethyl adjacent to an activating group) is 1. The van der Waals surface area contributed by atoms with E-state index >= 15 is 0 Å². The summed E-state index contributed by atoms with van der Waals surface area (Å²) in [7, 11) is 1.53. The van der Waals surface area contributed by atoms with Crippen LogP contribution in [-0.2, 0) is 14.3 Å². The minimum atomic E-state index is -1.01. The molecule has 0 aliphatic carbocycles. The fourth-order valence-electron chi connectivity index (χ4n) is 3.73. The summed E-state index contributed by atoms with van der Waals surface area (Å²) in [5.74, 6) is -0.163. The molecular weight excluding hydrogens is 478 g/mol. The summed E-state index contributed by atoms with van der Waals surface area (Å²) in [6, 6.07) is 9.96. The number of nitrogens with zero attached hydrogens (tertiary/aromatic N) is 1. The van der Waals surface area contributed by atoms with Crippen LogP contribution in [0.25, 0.3) is 0 Å². The number of aromatic hydroxyl groups is 1. The molecule has 2 atom stereocenters. The zero-order chi connectivity index (χ0) is 27.0. The standard InChI is InChI=1S/C27H37N3O5S/c1-17-9-8-10-18(2)22(17)29-24(32)23(19-11-13-20(31)14-12-19)30(6)25(33)21(15-16-36-7)28-26(34)35-27(3,4)5/h8-14,21,23,31H,15-16H2,1-7H3,(H,28,34)(H,29,32). The largest absolute Gasteiger partial charge is 0.508 e. The minimum absolute atomic E-state index is 0.0473. The van der Waals surface area contributed by atoms with Gasteiger partial charge < -0.3 is 25.4 Å². The lowest BCUT2D eigenvalue weighted by molar-refractivity contribution is -0.139. The molecule has 9 heteroatoms. The van der Waals surface area contributed by atoms with Crippen molar-refractivity contribution in [1.82, 2.24) is 10.2 Å². The van der Waals surface area contributed by atoms with Crippen molar-refractivity contribution >= 4 is 35.4 Å². The molecule has 2 aromatic rings. The first-order valence-corrected chi connectivity index (χ1v) is 13.1. The minimum Gasteiger partial charge on any atom is -0.508 e. The van der Waals surface area contributed by atoms with Gasteiger partial charge in [0, 0.05) is 12.7 Å². The lowest BCUT2D eigenvalue weighted by Crippen LogP contribution is -2.51. The maximum Gasteiger partial charge on any atom is 0.408 e. The highest BCUT2D eigenvalue weighted by Gasteiger charge is 2.34. The highest BCUT2D eigenvalue weighted by molar-refractivity contribution is 7.98. The Balaban J connectivity index is 2.39. The zero-order valence-electron chi connectivity index (χ0n) is 22.0. The van der Waals surface area contributed by atoms with Crippen LogP contribution in [0.5, 0.6) is 5.75 Å². The second kappa shape index (κ2) is 12.7. The monoisotopic (exact) mass is 515 g/mol. The van der Waals surface area contributed by atoms with Gasteiger partial charge in [0.2, 0.25) is 5.91 Å². The SMILES string of the molecule is CSCCC(NC(=O)OC(C)(C)C)C(=O)N(C)C(C(=O)Nc1c(C)cccc1C)c1ccc(O)cc1. The number of carbonyl (C=O) groups is 3. The number of aryl methyl sites for hydroxylation is 2. The van der Waals surface area contributed by atoms with E-state index in [9.17, 15) is 19.5 Å². The Labute approximate surface area is 217 Å². The molecule has 3 N–H and O–H groups in total. The van der Waals surface area contributed by atoms with Crippen LogP contribution in [0.4, 0.5) is 10.5 Å². The number of amides is 3. The molecule has 0 spiro atoms. The number of alkyl carbamates (subject to hydrolysis) is 1. The van der Waals surface area contributed by atoms with Gasteiger partial charge in [-0.1, -0.05) is 30.3 Å². The van der Waals surface area contributed by atoms with Crippen molar-refractivity contribution in [3.8, 4) is 5.75 Å². The number of nitrogens with one attached hydrogen (secondary N) is 2. The van der Waals surface area contributed by atoms with Gasteiger partial charge in [-0.05, 0) is 81.9 Å². The number of thioether (sulfide) groups is 1. The number of ether oxygens (including phenoxy) is 1. The van der Waals surface area contributed by atoms with E-state index in [2.05, 4.69) is 10.6 Å². The van der Waals surface area contributed by atoms with E-state index in [4.69, 9.17) is 4.74 Å². The van der Waals surface area contributed by atoms with E-state index in [-0.39, 0.29) is 5.75 Å². The van der Waals surface area contributed by atoms with Crippen molar-refractivity contribution < 1.29 is 24.2 Å². The van der Waals surface area contributed by atoms with Crippen LogP contribution in [0.1, 0.15) is 49.9 Å². The number of benzene rings is 2. The van der Waals surface area contributed by atoms with Gasteiger partial charge in [-0.3, -0.25) is 9.59 Å². The van der Waals surface area contributed by atoms with E-state index in [1.807, 2.05) is 38.3 Å². The molecule has 0 aliphatic rings. The Morgan fingerprint density at radius 3 is 2.17 bits per heavy atom. The van der Waals surface area contributed by atoms with Gasteiger partial charge in [0.25, 0.3) is 5.91 Å². The third-order valence-corrected chi connectivity index (χ3v) is 6.17.